The number of amides is 2. The highest BCUT2D eigenvalue weighted by Gasteiger charge is 2.14. The lowest BCUT2D eigenvalue weighted by Gasteiger charge is -2.25. The number of nitrogens with zero attached hydrogens (tertiary/aromatic N) is 2. The Morgan fingerprint density at radius 1 is 1.07 bits per heavy atom. The molecule has 0 aromatic heterocycles. The first-order valence-corrected chi connectivity index (χ1v) is 4.57. The molecule has 0 aliphatic carbocycles. The van der Waals surface area contributed by atoms with Gasteiger partial charge in [-0.15, -0.1) is 0 Å². The Morgan fingerprint density at radius 2 is 1.50 bits per heavy atom. The number of rotatable bonds is 6. The summed E-state index contributed by atoms with van der Waals surface area (Å²) >= 11 is 0. The highest BCUT2D eigenvalue weighted by Crippen LogP contribution is 1.95. The zero-order valence-electron chi connectivity index (χ0n) is 9.45. The molecule has 0 N–H and O–H groups in total. The molecule has 0 rings (SSSR count). The van der Waals surface area contributed by atoms with Gasteiger partial charge in [0.2, 0.25) is 0 Å². The van der Waals surface area contributed by atoms with Gasteiger partial charge in [-0.25, -0.2) is 4.79 Å². The fraction of sp³-hybridized carbons (Fsp3) is 0.889. The second-order valence-corrected chi connectivity index (χ2v) is 3.15. The van der Waals surface area contributed by atoms with E-state index in [1.165, 1.54) is 0 Å². The van der Waals surface area contributed by atoms with Crippen molar-refractivity contribution in [2.24, 2.45) is 0 Å². The van der Waals surface area contributed by atoms with Crippen LogP contribution in [0.5, 0.6) is 0 Å². The summed E-state index contributed by atoms with van der Waals surface area (Å²) in [5.74, 6) is 0. The molecular formula is C9H20N2O3. The third kappa shape index (κ3) is 5.04. The fourth-order valence-electron chi connectivity index (χ4n) is 0.989. The smallest absolute Gasteiger partial charge is 0.319 e. The first-order chi connectivity index (χ1) is 6.63. The molecule has 0 spiro atoms. The molecule has 2 amide bonds. The number of hydrogen-bond donors (Lipinski definition) is 0. The molecule has 0 bridgehead atoms. The lowest BCUT2D eigenvalue weighted by atomic mass is 10.5. The minimum atomic E-state index is -0.0147. The third-order valence-corrected chi connectivity index (χ3v) is 1.78. The Morgan fingerprint density at radius 3 is 1.79 bits per heavy atom. The van der Waals surface area contributed by atoms with Gasteiger partial charge in [0.25, 0.3) is 0 Å². The maximum absolute atomic E-state index is 11.6. The summed E-state index contributed by atoms with van der Waals surface area (Å²) in [6.45, 7) is 2.28. The molecule has 14 heavy (non-hydrogen) atoms. The summed E-state index contributed by atoms with van der Waals surface area (Å²) in [7, 11) is 6.70. The largest absolute Gasteiger partial charge is 0.383 e. The van der Waals surface area contributed by atoms with Crippen molar-refractivity contribution >= 4 is 6.03 Å². The average Bonchev–Trinajstić information content (AvgIpc) is 2.17. The quantitative estimate of drug-likeness (QED) is 0.623. The number of carbonyl (C=O) groups excluding carboxylic acids is 1. The van der Waals surface area contributed by atoms with Gasteiger partial charge < -0.3 is 19.3 Å². The van der Waals surface area contributed by atoms with Crippen molar-refractivity contribution in [3.8, 4) is 0 Å². The van der Waals surface area contributed by atoms with Gasteiger partial charge >= 0.3 is 6.03 Å². The maximum Gasteiger partial charge on any atom is 0.319 e. The summed E-state index contributed by atoms with van der Waals surface area (Å²) in [5.41, 5.74) is 0. The standard InChI is InChI=1S/C9H20N2O3/c1-10(2)9(12)11(5-7-13-3)6-8-14-4/h5-8H2,1-4H3. The second-order valence-electron chi connectivity index (χ2n) is 3.15. The first-order valence-electron chi connectivity index (χ1n) is 4.57. The van der Waals surface area contributed by atoms with E-state index in [1.54, 1.807) is 38.1 Å². The molecule has 0 aromatic rings. The predicted molar refractivity (Wildman–Crippen MR) is 54.4 cm³/mol. The van der Waals surface area contributed by atoms with Crippen LogP contribution in [0.2, 0.25) is 0 Å². The van der Waals surface area contributed by atoms with E-state index in [1.807, 2.05) is 0 Å². The topological polar surface area (TPSA) is 42.0 Å². The Bertz CT molecular complexity index is 154. The number of ether oxygens (including phenoxy) is 2. The molecule has 0 saturated heterocycles. The van der Waals surface area contributed by atoms with Crippen LogP contribution < -0.4 is 0 Å². The Kier molecular flexibility index (Phi) is 7.14. The lowest BCUT2D eigenvalue weighted by molar-refractivity contribution is 0.111. The van der Waals surface area contributed by atoms with Crippen LogP contribution in [-0.2, 0) is 9.47 Å². The summed E-state index contributed by atoms with van der Waals surface area (Å²) in [5, 5.41) is 0. The molecule has 0 heterocycles. The van der Waals surface area contributed by atoms with Crippen molar-refractivity contribution in [1.82, 2.24) is 9.80 Å². The Labute approximate surface area is 85.6 Å². The van der Waals surface area contributed by atoms with Crippen LogP contribution in [-0.4, -0.2) is 70.4 Å². The van der Waals surface area contributed by atoms with Crippen molar-refractivity contribution in [2.75, 3.05) is 54.6 Å². The van der Waals surface area contributed by atoms with Crippen molar-refractivity contribution in [3.05, 3.63) is 0 Å². The number of carbonyl (C=O) groups is 1. The highest BCUT2D eigenvalue weighted by atomic mass is 16.5. The third-order valence-electron chi connectivity index (χ3n) is 1.78. The number of urea groups is 1. The van der Waals surface area contributed by atoms with Gasteiger partial charge in [0, 0.05) is 41.4 Å². The maximum atomic E-state index is 11.6. The zero-order valence-corrected chi connectivity index (χ0v) is 9.45. The molecule has 0 atom stereocenters. The van der Waals surface area contributed by atoms with E-state index >= 15 is 0 Å². The summed E-state index contributed by atoms with van der Waals surface area (Å²) in [6.07, 6.45) is 0. The van der Waals surface area contributed by atoms with E-state index in [-0.39, 0.29) is 6.03 Å². The Hall–Kier alpha value is -0.810. The van der Waals surface area contributed by atoms with Crippen LogP contribution in [0, 0.1) is 0 Å². The van der Waals surface area contributed by atoms with Crippen LogP contribution in [0.4, 0.5) is 4.79 Å². The molecule has 0 saturated carbocycles. The minimum Gasteiger partial charge on any atom is -0.383 e. The SMILES string of the molecule is COCCN(CCOC)C(=O)N(C)C. The molecule has 84 valence electrons. The van der Waals surface area contributed by atoms with Gasteiger partial charge in [-0.1, -0.05) is 0 Å². The van der Waals surface area contributed by atoms with Gasteiger partial charge in [0.15, 0.2) is 0 Å². The van der Waals surface area contributed by atoms with E-state index < -0.39 is 0 Å². The van der Waals surface area contributed by atoms with Crippen LogP contribution in [0.15, 0.2) is 0 Å². The van der Waals surface area contributed by atoms with Crippen molar-refractivity contribution in [1.29, 1.82) is 0 Å². The summed E-state index contributed by atoms with van der Waals surface area (Å²) in [6, 6.07) is -0.0147. The second kappa shape index (κ2) is 7.58. The van der Waals surface area contributed by atoms with Crippen LogP contribution in [0.3, 0.4) is 0 Å². The van der Waals surface area contributed by atoms with Crippen molar-refractivity contribution in [2.45, 2.75) is 0 Å². The summed E-state index contributed by atoms with van der Waals surface area (Å²) < 4.78 is 9.86. The molecule has 5 nitrogen and oxygen atoms in total. The zero-order chi connectivity index (χ0) is 11.0. The van der Waals surface area contributed by atoms with E-state index in [0.717, 1.165) is 0 Å². The van der Waals surface area contributed by atoms with Crippen molar-refractivity contribution < 1.29 is 14.3 Å². The van der Waals surface area contributed by atoms with E-state index in [0.29, 0.717) is 26.3 Å². The molecule has 0 unspecified atom stereocenters. The van der Waals surface area contributed by atoms with Crippen LogP contribution in [0.1, 0.15) is 0 Å². The lowest BCUT2D eigenvalue weighted by Crippen LogP contribution is -2.42. The van der Waals surface area contributed by atoms with Gasteiger partial charge in [0.05, 0.1) is 13.2 Å². The average molecular weight is 204 g/mol. The monoisotopic (exact) mass is 204 g/mol. The molecule has 0 aromatic carbocycles. The molecule has 0 aliphatic rings. The van der Waals surface area contributed by atoms with Crippen LogP contribution in [0.25, 0.3) is 0 Å². The fourth-order valence-corrected chi connectivity index (χ4v) is 0.989. The van der Waals surface area contributed by atoms with Gasteiger partial charge in [-0.05, 0) is 0 Å². The van der Waals surface area contributed by atoms with E-state index in [2.05, 4.69) is 0 Å². The normalized spacial score (nSPS) is 10.0. The van der Waals surface area contributed by atoms with Gasteiger partial charge in [-0.3, -0.25) is 0 Å². The van der Waals surface area contributed by atoms with Gasteiger partial charge in [-0.2, -0.15) is 0 Å². The van der Waals surface area contributed by atoms with Crippen molar-refractivity contribution in [3.63, 3.8) is 0 Å². The molecule has 0 radical (unpaired) electrons. The van der Waals surface area contributed by atoms with E-state index in [4.69, 9.17) is 9.47 Å². The summed E-state index contributed by atoms with van der Waals surface area (Å²) in [4.78, 5) is 14.8. The molecule has 5 heteroatoms. The molecule has 0 aliphatic heterocycles. The Balaban J connectivity index is 4.01. The first kappa shape index (κ1) is 13.2. The minimum absolute atomic E-state index is 0.0147. The van der Waals surface area contributed by atoms with E-state index in [9.17, 15) is 4.79 Å². The molecule has 0 fully saturated rings. The number of hydrogen-bond acceptors (Lipinski definition) is 3. The van der Waals surface area contributed by atoms with Crippen LogP contribution >= 0.6 is 0 Å². The number of methoxy groups -OCH3 is 2. The predicted octanol–water partition coefficient (Wildman–Crippen LogP) is 0.263. The van der Waals surface area contributed by atoms with Gasteiger partial charge in [0.1, 0.15) is 0 Å². The highest BCUT2D eigenvalue weighted by molar-refractivity contribution is 5.73. The molecular weight excluding hydrogens is 184 g/mol.